The highest BCUT2D eigenvalue weighted by atomic mass is 19.4. The molecule has 0 aromatic rings. The summed E-state index contributed by atoms with van der Waals surface area (Å²) >= 11 is 0. The van der Waals surface area contributed by atoms with Crippen LogP contribution in [0.3, 0.4) is 0 Å². The van der Waals surface area contributed by atoms with Gasteiger partial charge in [-0.15, -0.1) is 0 Å². The fourth-order valence-electron chi connectivity index (χ4n) is 10.5. The summed E-state index contributed by atoms with van der Waals surface area (Å²) in [5.41, 5.74) is -2.93. The van der Waals surface area contributed by atoms with Crippen LogP contribution in [0, 0.1) is 46.3 Å². The second-order valence-corrected chi connectivity index (χ2v) is 14.8. The van der Waals surface area contributed by atoms with Crippen molar-refractivity contribution in [2.24, 2.45) is 46.3 Å². The summed E-state index contributed by atoms with van der Waals surface area (Å²) in [6, 6.07) is 0. The summed E-state index contributed by atoms with van der Waals surface area (Å²) < 4.78 is 79.7. The van der Waals surface area contributed by atoms with Gasteiger partial charge in [-0.3, -0.25) is 4.79 Å². The first kappa shape index (κ1) is 32.1. The van der Waals surface area contributed by atoms with Crippen molar-refractivity contribution in [3.8, 4) is 0 Å². The molecule has 0 aromatic heterocycles. The molecule has 1 heterocycles. The van der Waals surface area contributed by atoms with Gasteiger partial charge in [0.1, 0.15) is 0 Å². The van der Waals surface area contributed by atoms with Crippen molar-refractivity contribution in [1.82, 2.24) is 4.90 Å². The third kappa shape index (κ3) is 5.12. The van der Waals surface area contributed by atoms with E-state index in [4.69, 9.17) is 0 Å². The van der Waals surface area contributed by atoms with Crippen LogP contribution in [0.5, 0.6) is 0 Å². The van der Waals surface area contributed by atoms with Gasteiger partial charge in [0.05, 0.1) is 6.10 Å². The molecular formula is C32H47F6NO3. The monoisotopic (exact) mass is 607 g/mol. The van der Waals surface area contributed by atoms with Crippen molar-refractivity contribution in [3.63, 3.8) is 0 Å². The number of alkyl halides is 6. The minimum absolute atomic E-state index is 0.183. The number of carbonyl (C=O) groups excluding carboxylic acids is 1. The number of likely N-dealkylation sites (tertiary alicyclic amines) is 1. The minimum atomic E-state index is -5.83. The first-order valence-corrected chi connectivity index (χ1v) is 15.9. The molecule has 8 atom stereocenters. The Labute approximate surface area is 245 Å². The van der Waals surface area contributed by atoms with Gasteiger partial charge in [-0.05, 0) is 111 Å². The van der Waals surface area contributed by atoms with Crippen LogP contribution in [0.2, 0.25) is 0 Å². The predicted molar refractivity (Wildman–Crippen MR) is 146 cm³/mol. The molecule has 1 aliphatic heterocycles. The number of halogens is 6. The summed E-state index contributed by atoms with van der Waals surface area (Å²) in [4.78, 5) is 14.4. The van der Waals surface area contributed by atoms with E-state index in [1.54, 1.807) is 0 Å². The zero-order chi connectivity index (χ0) is 30.9. The number of piperidine rings is 1. The van der Waals surface area contributed by atoms with Crippen molar-refractivity contribution >= 4 is 5.91 Å². The number of fused-ring (bicyclic) bond motifs is 5. The van der Waals surface area contributed by atoms with E-state index in [2.05, 4.69) is 26.8 Å². The van der Waals surface area contributed by atoms with E-state index >= 15 is 0 Å². The summed E-state index contributed by atoms with van der Waals surface area (Å²) in [5, 5.41) is 20.0. The second kappa shape index (κ2) is 11.0. The highest BCUT2D eigenvalue weighted by Gasteiger charge is 2.73. The third-order valence-corrected chi connectivity index (χ3v) is 13.0. The van der Waals surface area contributed by atoms with Crippen LogP contribution in [0.15, 0.2) is 11.6 Å². The highest BCUT2D eigenvalue weighted by Crippen LogP contribution is 2.67. The van der Waals surface area contributed by atoms with Crippen molar-refractivity contribution in [2.45, 2.75) is 122 Å². The Morgan fingerprint density at radius 1 is 0.976 bits per heavy atom. The van der Waals surface area contributed by atoms with Crippen LogP contribution in [-0.4, -0.2) is 58.2 Å². The molecule has 3 saturated carbocycles. The lowest BCUT2D eigenvalue weighted by Gasteiger charge is -2.58. The molecule has 5 rings (SSSR count). The van der Waals surface area contributed by atoms with Gasteiger partial charge in [0, 0.05) is 25.4 Å². The Morgan fingerprint density at radius 2 is 1.62 bits per heavy atom. The van der Waals surface area contributed by atoms with Gasteiger partial charge in [-0.1, -0.05) is 32.4 Å². The molecule has 1 unspecified atom stereocenters. The highest BCUT2D eigenvalue weighted by molar-refractivity contribution is 5.76. The normalized spacial score (nSPS) is 38.8. The molecule has 0 bridgehead atoms. The van der Waals surface area contributed by atoms with Gasteiger partial charge >= 0.3 is 12.4 Å². The number of allylic oxidation sites excluding steroid dienone is 1. The first-order chi connectivity index (χ1) is 19.4. The maximum absolute atomic E-state index is 13.3. The molecule has 42 heavy (non-hydrogen) atoms. The summed E-state index contributed by atoms with van der Waals surface area (Å²) in [7, 11) is 0. The molecule has 4 fully saturated rings. The topological polar surface area (TPSA) is 60.8 Å². The number of aliphatic hydroxyl groups excluding tert-OH is 1. The molecule has 10 heteroatoms. The Bertz CT molecular complexity index is 1040. The van der Waals surface area contributed by atoms with Crippen LogP contribution in [0.1, 0.15) is 97.8 Å². The van der Waals surface area contributed by atoms with Crippen LogP contribution >= 0.6 is 0 Å². The van der Waals surface area contributed by atoms with Gasteiger partial charge in [0.15, 0.2) is 0 Å². The fraction of sp³-hybridized carbons (Fsp3) is 0.906. The maximum atomic E-state index is 13.3. The number of aliphatic hydroxyl groups is 2. The zero-order valence-corrected chi connectivity index (χ0v) is 25.0. The standard InChI is InChI=1S/C32H47F6NO3/c1-19(4-9-27(41)39-16-12-20(13-17-39)30(42,31(33,34)35)32(36,37)38)24-7-8-25-23-6-5-21-18-22(40)10-14-28(21,2)26(23)11-15-29(24,25)3/h5,19-20,22-26,40,42H,4,6-18H2,1-3H3/t19?,22-,23-,24+,25-,26-,28-,29+/m0/s1. The zero-order valence-electron chi connectivity index (χ0n) is 25.0. The summed E-state index contributed by atoms with van der Waals surface area (Å²) in [5.74, 6) is 0.409. The average molecular weight is 608 g/mol. The largest absolute Gasteiger partial charge is 0.426 e. The predicted octanol–water partition coefficient (Wildman–Crippen LogP) is 7.44. The van der Waals surface area contributed by atoms with Gasteiger partial charge < -0.3 is 15.1 Å². The summed E-state index contributed by atoms with van der Waals surface area (Å²) in [6.07, 6.45) is -1.24. The van der Waals surface area contributed by atoms with Crippen LogP contribution in [0.25, 0.3) is 0 Å². The van der Waals surface area contributed by atoms with E-state index in [1.807, 2.05) is 0 Å². The first-order valence-electron chi connectivity index (χ1n) is 15.9. The second-order valence-electron chi connectivity index (χ2n) is 14.8. The van der Waals surface area contributed by atoms with Crippen LogP contribution in [0.4, 0.5) is 26.3 Å². The summed E-state index contributed by atoms with van der Waals surface area (Å²) in [6.45, 7) is 6.61. The minimum Gasteiger partial charge on any atom is -0.393 e. The molecule has 1 saturated heterocycles. The Hall–Kier alpha value is -1.29. The molecule has 5 aliphatic rings. The molecule has 0 spiro atoms. The average Bonchev–Trinajstić information content (AvgIpc) is 3.27. The molecular weight excluding hydrogens is 560 g/mol. The van der Waals surface area contributed by atoms with Crippen LogP contribution < -0.4 is 0 Å². The Balaban J connectivity index is 1.17. The number of nitrogens with zero attached hydrogens (tertiary/aromatic N) is 1. The Morgan fingerprint density at radius 3 is 2.24 bits per heavy atom. The molecule has 4 nitrogen and oxygen atoms in total. The van der Waals surface area contributed by atoms with Crippen molar-refractivity contribution < 1.29 is 41.4 Å². The van der Waals surface area contributed by atoms with Gasteiger partial charge in [-0.2, -0.15) is 26.3 Å². The number of hydrogen-bond donors (Lipinski definition) is 2. The maximum Gasteiger partial charge on any atom is 0.426 e. The van der Waals surface area contributed by atoms with E-state index in [0.29, 0.717) is 30.1 Å². The van der Waals surface area contributed by atoms with E-state index in [0.717, 1.165) is 38.5 Å². The quantitative estimate of drug-likeness (QED) is 0.252. The molecule has 4 aliphatic carbocycles. The molecule has 240 valence electrons. The lowest BCUT2D eigenvalue weighted by Crippen LogP contribution is -2.63. The van der Waals surface area contributed by atoms with Gasteiger partial charge in [0.2, 0.25) is 5.91 Å². The lowest BCUT2D eigenvalue weighted by atomic mass is 9.47. The fourth-order valence-corrected chi connectivity index (χ4v) is 10.5. The van der Waals surface area contributed by atoms with Crippen molar-refractivity contribution in [1.29, 1.82) is 0 Å². The van der Waals surface area contributed by atoms with Crippen LogP contribution in [-0.2, 0) is 4.79 Å². The lowest BCUT2D eigenvalue weighted by molar-refractivity contribution is -0.387. The van der Waals surface area contributed by atoms with Gasteiger partial charge in [0.25, 0.3) is 5.60 Å². The van der Waals surface area contributed by atoms with Crippen molar-refractivity contribution in [3.05, 3.63) is 11.6 Å². The molecule has 2 N–H and O–H groups in total. The van der Waals surface area contributed by atoms with Gasteiger partial charge in [-0.25, -0.2) is 0 Å². The van der Waals surface area contributed by atoms with E-state index in [9.17, 15) is 41.4 Å². The van der Waals surface area contributed by atoms with E-state index < -0.39 is 36.7 Å². The number of carbonyl (C=O) groups is 1. The smallest absolute Gasteiger partial charge is 0.393 e. The molecule has 0 aromatic carbocycles. The van der Waals surface area contributed by atoms with Crippen molar-refractivity contribution in [2.75, 3.05) is 13.1 Å². The molecule has 1 amide bonds. The number of amides is 1. The Kier molecular flexibility index (Phi) is 8.37. The molecule has 0 radical (unpaired) electrons. The number of rotatable bonds is 5. The van der Waals surface area contributed by atoms with E-state index in [-0.39, 0.29) is 48.3 Å². The SMILES string of the molecule is CC(CCC(=O)N1CCC(C(O)(C(F)(F)F)C(F)(F)F)CC1)[C@H]1CC[C@H]2[C@@H]3CC=C4C[C@@H](O)CC[C@]4(C)[C@H]3CC[C@]12C. The number of hydrogen-bond acceptors (Lipinski definition) is 3. The third-order valence-electron chi connectivity index (χ3n) is 13.0. The van der Waals surface area contributed by atoms with E-state index in [1.165, 1.54) is 23.3 Å².